The van der Waals surface area contributed by atoms with Crippen LogP contribution in [0, 0.1) is 0 Å². The third-order valence-corrected chi connectivity index (χ3v) is 5.02. The number of nitrogens with one attached hydrogen (secondary N) is 2. The predicted octanol–water partition coefficient (Wildman–Crippen LogP) is 6.23. The SMILES string of the molecule is CC(NC(=O)c1ccccc1NC(=O)COc1cc(C(F)(F)F)cc(C(F)(F)F)c1)c1ccccc1. The molecule has 0 aliphatic heterocycles. The number of rotatable bonds is 7. The van der Waals surface area contributed by atoms with E-state index in [0.29, 0.717) is 12.1 Å². The maximum atomic E-state index is 13.0. The molecule has 0 bridgehead atoms. The Labute approximate surface area is 202 Å². The molecule has 190 valence electrons. The maximum absolute atomic E-state index is 13.0. The van der Waals surface area contributed by atoms with Gasteiger partial charge in [0.1, 0.15) is 5.75 Å². The van der Waals surface area contributed by atoms with Crippen LogP contribution >= 0.6 is 0 Å². The zero-order valence-electron chi connectivity index (χ0n) is 18.7. The van der Waals surface area contributed by atoms with Gasteiger partial charge in [0, 0.05) is 0 Å². The summed E-state index contributed by atoms with van der Waals surface area (Å²) in [5, 5.41) is 5.19. The van der Waals surface area contributed by atoms with E-state index >= 15 is 0 Å². The van der Waals surface area contributed by atoms with Gasteiger partial charge in [-0.05, 0) is 42.8 Å². The molecule has 1 atom stereocenters. The number of ether oxygens (including phenoxy) is 1. The number of amides is 2. The van der Waals surface area contributed by atoms with Crippen LogP contribution in [0.1, 0.15) is 40.0 Å². The average molecular weight is 510 g/mol. The monoisotopic (exact) mass is 510 g/mol. The van der Waals surface area contributed by atoms with Crippen LogP contribution < -0.4 is 15.4 Å². The topological polar surface area (TPSA) is 67.4 Å². The second-order valence-corrected chi connectivity index (χ2v) is 7.73. The summed E-state index contributed by atoms with van der Waals surface area (Å²) < 4.78 is 82.9. The summed E-state index contributed by atoms with van der Waals surface area (Å²) in [5.74, 6) is -2.18. The first kappa shape index (κ1) is 26.6. The number of alkyl halides is 6. The Hall–Kier alpha value is -4.02. The molecule has 3 rings (SSSR count). The molecule has 2 amide bonds. The van der Waals surface area contributed by atoms with Gasteiger partial charge >= 0.3 is 12.4 Å². The van der Waals surface area contributed by atoms with Crippen molar-refractivity contribution in [1.29, 1.82) is 0 Å². The highest BCUT2D eigenvalue weighted by Crippen LogP contribution is 2.38. The van der Waals surface area contributed by atoms with Crippen molar-refractivity contribution in [3.63, 3.8) is 0 Å². The van der Waals surface area contributed by atoms with E-state index in [4.69, 9.17) is 4.74 Å². The quantitative estimate of drug-likeness (QED) is 0.370. The lowest BCUT2D eigenvalue weighted by Crippen LogP contribution is -2.28. The minimum absolute atomic E-state index is 0.0434. The van der Waals surface area contributed by atoms with Gasteiger partial charge in [-0.15, -0.1) is 0 Å². The lowest BCUT2D eigenvalue weighted by molar-refractivity contribution is -0.143. The van der Waals surface area contributed by atoms with Gasteiger partial charge in [-0.1, -0.05) is 42.5 Å². The second kappa shape index (κ2) is 10.7. The van der Waals surface area contributed by atoms with Crippen molar-refractivity contribution in [2.75, 3.05) is 11.9 Å². The Morgan fingerprint density at radius 2 is 1.39 bits per heavy atom. The van der Waals surface area contributed by atoms with Crippen molar-refractivity contribution in [3.8, 4) is 5.75 Å². The third kappa shape index (κ3) is 7.00. The first-order valence-electron chi connectivity index (χ1n) is 10.5. The van der Waals surface area contributed by atoms with Crippen molar-refractivity contribution >= 4 is 17.5 Å². The number of para-hydroxylation sites is 1. The Bertz CT molecular complexity index is 1190. The van der Waals surface area contributed by atoms with Crippen LogP contribution in [0.25, 0.3) is 0 Å². The van der Waals surface area contributed by atoms with Gasteiger partial charge in [0.25, 0.3) is 11.8 Å². The molecule has 0 saturated carbocycles. The van der Waals surface area contributed by atoms with Crippen molar-refractivity contribution < 1.29 is 40.7 Å². The summed E-state index contributed by atoms with van der Waals surface area (Å²) in [5.41, 5.74) is -2.10. The van der Waals surface area contributed by atoms with Crippen molar-refractivity contribution in [2.45, 2.75) is 25.3 Å². The molecule has 5 nitrogen and oxygen atoms in total. The number of hydrogen-bond acceptors (Lipinski definition) is 3. The van der Waals surface area contributed by atoms with Crippen LogP contribution in [0.4, 0.5) is 32.0 Å². The van der Waals surface area contributed by atoms with E-state index in [-0.39, 0.29) is 23.4 Å². The Morgan fingerprint density at radius 3 is 1.97 bits per heavy atom. The van der Waals surface area contributed by atoms with Crippen LogP contribution in [0.3, 0.4) is 0 Å². The lowest BCUT2D eigenvalue weighted by Gasteiger charge is -2.17. The van der Waals surface area contributed by atoms with E-state index in [9.17, 15) is 35.9 Å². The lowest BCUT2D eigenvalue weighted by atomic mass is 10.1. The molecule has 0 aliphatic carbocycles. The first-order valence-corrected chi connectivity index (χ1v) is 10.5. The van der Waals surface area contributed by atoms with Gasteiger partial charge < -0.3 is 15.4 Å². The zero-order chi connectivity index (χ0) is 26.5. The summed E-state index contributed by atoms with van der Waals surface area (Å²) in [6.45, 7) is 0.877. The molecule has 3 aromatic rings. The molecule has 0 aromatic heterocycles. The number of carbonyl (C=O) groups excluding carboxylic acids is 2. The van der Waals surface area contributed by atoms with E-state index in [1.807, 2.05) is 30.3 Å². The molecule has 0 aliphatic rings. The summed E-state index contributed by atoms with van der Waals surface area (Å²) >= 11 is 0. The normalized spacial score (nSPS) is 12.5. The number of carbonyl (C=O) groups is 2. The smallest absolute Gasteiger partial charge is 0.416 e. The van der Waals surface area contributed by atoms with Crippen molar-refractivity contribution in [3.05, 3.63) is 95.1 Å². The Morgan fingerprint density at radius 1 is 0.833 bits per heavy atom. The van der Waals surface area contributed by atoms with Crippen LogP contribution in [0.2, 0.25) is 0 Å². The van der Waals surface area contributed by atoms with Gasteiger partial charge in [0.05, 0.1) is 28.4 Å². The van der Waals surface area contributed by atoms with Gasteiger partial charge in [0.15, 0.2) is 6.61 Å². The molecule has 2 N–H and O–H groups in total. The molecule has 36 heavy (non-hydrogen) atoms. The van der Waals surface area contributed by atoms with Crippen LogP contribution in [0.15, 0.2) is 72.8 Å². The Kier molecular flexibility index (Phi) is 7.91. The third-order valence-electron chi connectivity index (χ3n) is 5.02. The van der Waals surface area contributed by atoms with E-state index in [0.717, 1.165) is 5.56 Å². The van der Waals surface area contributed by atoms with Gasteiger partial charge in [-0.2, -0.15) is 26.3 Å². The van der Waals surface area contributed by atoms with E-state index in [2.05, 4.69) is 10.6 Å². The zero-order valence-corrected chi connectivity index (χ0v) is 18.7. The van der Waals surface area contributed by atoms with Crippen molar-refractivity contribution in [2.24, 2.45) is 0 Å². The van der Waals surface area contributed by atoms with Crippen LogP contribution in [0.5, 0.6) is 5.75 Å². The number of hydrogen-bond donors (Lipinski definition) is 2. The summed E-state index contributed by atoms with van der Waals surface area (Å²) in [4.78, 5) is 25.1. The number of benzene rings is 3. The fraction of sp³-hybridized carbons (Fsp3) is 0.200. The molecule has 11 heteroatoms. The summed E-state index contributed by atoms with van der Waals surface area (Å²) in [6.07, 6.45) is -10.1. The molecule has 0 saturated heterocycles. The molecule has 0 spiro atoms. The molecule has 0 fully saturated rings. The number of halogens is 6. The molecular weight excluding hydrogens is 490 g/mol. The van der Waals surface area contributed by atoms with E-state index < -0.39 is 47.7 Å². The van der Waals surface area contributed by atoms with Crippen LogP contribution in [-0.4, -0.2) is 18.4 Å². The minimum Gasteiger partial charge on any atom is -0.484 e. The molecule has 3 aromatic carbocycles. The van der Waals surface area contributed by atoms with Gasteiger partial charge in [0.2, 0.25) is 0 Å². The highest BCUT2D eigenvalue weighted by atomic mass is 19.4. The van der Waals surface area contributed by atoms with Crippen molar-refractivity contribution in [1.82, 2.24) is 5.32 Å². The largest absolute Gasteiger partial charge is 0.484 e. The molecule has 0 heterocycles. The average Bonchev–Trinajstić information content (AvgIpc) is 2.82. The van der Waals surface area contributed by atoms with E-state index in [1.54, 1.807) is 13.0 Å². The second-order valence-electron chi connectivity index (χ2n) is 7.73. The molecule has 1 unspecified atom stereocenters. The van der Waals surface area contributed by atoms with E-state index in [1.165, 1.54) is 18.2 Å². The first-order chi connectivity index (χ1) is 16.8. The standard InChI is InChI=1S/C25H20F6N2O3/c1-15(16-7-3-2-4-8-16)32-23(35)20-9-5-6-10-21(20)33-22(34)14-36-19-12-17(24(26,27)28)11-18(13-19)25(29,30)31/h2-13,15H,14H2,1H3,(H,32,35)(H,33,34). The predicted molar refractivity (Wildman–Crippen MR) is 119 cm³/mol. The fourth-order valence-electron chi connectivity index (χ4n) is 3.23. The fourth-order valence-corrected chi connectivity index (χ4v) is 3.23. The number of anilines is 1. The summed E-state index contributed by atoms with van der Waals surface area (Å²) in [6, 6.07) is 15.4. The molecule has 0 radical (unpaired) electrons. The van der Waals surface area contributed by atoms with Gasteiger partial charge in [-0.25, -0.2) is 0 Å². The van der Waals surface area contributed by atoms with Gasteiger partial charge in [-0.3, -0.25) is 9.59 Å². The van der Waals surface area contributed by atoms with Crippen LogP contribution in [-0.2, 0) is 17.1 Å². The molecular formula is C25H20F6N2O3. The highest BCUT2D eigenvalue weighted by Gasteiger charge is 2.37. The summed E-state index contributed by atoms with van der Waals surface area (Å²) in [7, 11) is 0. The Balaban J connectivity index is 1.70. The highest BCUT2D eigenvalue weighted by molar-refractivity contribution is 6.04. The maximum Gasteiger partial charge on any atom is 0.416 e. The minimum atomic E-state index is -5.05.